The van der Waals surface area contributed by atoms with Gasteiger partial charge in [-0.15, -0.1) is 0 Å². The molecule has 0 fully saturated rings. The van der Waals surface area contributed by atoms with Gasteiger partial charge in [-0.2, -0.15) is 0 Å². The van der Waals surface area contributed by atoms with E-state index in [1.165, 1.54) is 0 Å². The average molecular weight is 351 g/mol. The highest BCUT2D eigenvalue weighted by atomic mass is 16.3. The number of aromatic nitrogens is 1. The van der Waals surface area contributed by atoms with Crippen LogP contribution in [0.25, 0.3) is 10.9 Å². The number of benzene rings is 3. The van der Waals surface area contributed by atoms with E-state index in [0.717, 1.165) is 39.1 Å². The Bertz CT molecular complexity index is 1230. The third-order valence-electron chi connectivity index (χ3n) is 4.93. The molecule has 5 rings (SSSR count). The monoisotopic (exact) mass is 351 g/mol. The lowest BCUT2D eigenvalue weighted by Crippen LogP contribution is -2.12. The summed E-state index contributed by atoms with van der Waals surface area (Å²) in [6.07, 6.45) is 0. The van der Waals surface area contributed by atoms with E-state index in [9.17, 15) is 5.11 Å². The van der Waals surface area contributed by atoms with Gasteiger partial charge in [0.2, 0.25) is 5.88 Å². The molecule has 0 amide bonds. The van der Waals surface area contributed by atoms with E-state index in [-0.39, 0.29) is 5.88 Å². The highest BCUT2D eigenvalue weighted by Crippen LogP contribution is 2.37. The highest BCUT2D eigenvalue weighted by molar-refractivity contribution is 6.59. The summed E-state index contributed by atoms with van der Waals surface area (Å²) >= 11 is 0. The van der Waals surface area contributed by atoms with E-state index in [1.807, 2.05) is 85.9 Å². The number of aryl methyl sites for hydroxylation is 1. The molecule has 27 heavy (non-hydrogen) atoms. The minimum atomic E-state index is 0.198. The molecule has 0 radical (unpaired) electrons. The Morgan fingerprint density at radius 1 is 0.852 bits per heavy atom. The first kappa shape index (κ1) is 15.6. The van der Waals surface area contributed by atoms with Gasteiger partial charge in [-0.05, 0) is 24.3 Å². The number of hydrogen-bond acceptors (Lipinski definition) is 3. The Kier molecular flexibility index (Phi) is 3.44. The number of para-hydroxylation sites is 3. The van der Waals surface area contributed by atoms with Gasteiger partial charge in [0.25, 0.3) is 0 Å². The molecule has 4 heteroatoms. The number of rotatable bonds is 2. The van der Waals surface area contributed by atoms with Crippen LogP contribution >= 0.6 is 0 Å². The molecule has 1 aliphatic rings. The summed E-state index contributed by atoms with van der Waals surface area (Å²) in [4.78, 5) is 9.72. The lowest BCUT2D eigenvalue weighted by molar-refractivity contribution is 0.434. The normalized spacial score (nSPS) is 14.6. The van der Waals surface area contributed by atoms with E-state index < -0.39 is 0 Å². The van der Waals surface area contributed by atoms with Crippen LogP contribution in [0.5, 0.6) is 5.88 Å². The molecular formula is C23H17N3O. The zero-order chi connectivity index (χ0) is 18.4. The first-order valence-electron chi connectivity index (χ1n) is 8.83. The van der Waals surface area contributed by atoms with Gasteiger partial charge in [-0.25, -0.2) is 9.98 Å². The van der Waals surface area contributed by atoms with Crippen molar-refractivity contribution in [2.24, 2.45) is 17.0 Å². The fourth-order valence-electron chi connectivity index (χ4n) is 3.60. The lowest BCUT2D eigenvalue weighted by atomic mass is 10.0. The van der Waals surface area contributed by atoms with E-state index in [0.29, 0.717) is 5.71 Å². The number of aliphatic imine (C=N–C) groups is 2. The fraction of sp³-hybridized carbons (Fsp3) is 0.0435. The van der Waals surface area contributed by atoms with Crippen LogP contribution in [-0.2, 0) is 7.05 Å². The molecule has 0 aliphatic carbocycles. The fourth-order valence-corrected chi connectivity index (χ4v) is 3.60. The summed E-state index contributed by atoms with van der Waals surface area (Å²) < 4.78 is 1.79. The average Bonchev–Trinajstić information content (AvgIpc) is 3.18. The summed E-state index contributed by atoms with van der Waals surface area (Å²) in [5.74, 6) is 0.198. The second-order valence-corrected chi connectivity index (χ2v) is 6.55. The standard InChI is InChI=1S/C23H17N3O/c1-26-19-14-8-6-12-17(19)20(23(26)27)22-21(24-15-9-3-2-4-10-15)16-11-5-7-13-18(16)25-22/h2-14,27H,1H3. The van der Waals surface area contributed by atoms with Crippen LogP contribution in [0.1, 0.15) is 11.1 Å². The minimum absolute atomic E-state index is 0.198. The Hall–Kier alpha value is -3.66. The smallest absolute Gasteiger partial charge is 0.201 e. The van der Waals surface area contributed by atoms with E-state index in [2.05, 4.69) is 0 Å². The van der Waals surface area contributed by atoms with E-state index in [1.54, 1.807) is 4.57 Å². The molecule has 2 heterocycles. The van der Waals surface area contributed by atoms with Crippen molar-refractivity contribution in [2.45, 2.75) is 0 Å². The topological polar surface area (TPSA) is 49.9 Å². The Labute approximate surface area is 156 Å². The SMILES string of the molecule is Cn1c(O)c(C2=Nc3ccccc3C2=Nc2ccccc2)c2ccccc21. The number of hydrogen-bond donors (Lipinski definition) is 1. The van der Waals surface area contributed by atoms with Crippen molar-refractivity contribution in [2.75, 3.05) is 0 Å². The van der Waals surface area contributed by atoms with Gasteiger partial charge in [0.1, 0.15) is 5.71 Å². The maximum absolute atomic E-state index is 10.9. The van der Waals surface area contributed by atoms with Crippen molar-refractivity contribution >= 4 is 33.7 Å². The molecule has 0 atom stereocenters. The quantitative estimate of drug-likeness (QED) is 0.534. The zero-order valence-electron chi connectivity index (χ0n) is 14.8. The van der Waals surface area contributed by atoms with Crippen LogP contribution < -0.4 is 0 Å². The molecule has 0 saturated heterocycles. The second-order valence-electron chi connectivity index (χ2n) is 6.55. The predicted molar refractivity (Wildman–Crippen MR) is 110 cm³/mol. The van der Waals surface area contributed by atoms with Gasteiger partial charge in [0, 0.05) is 18.0 Å². The molecule has 0 unspecified atom stereocenters. The van der Waals surface area contributed by atoms with E-state index in [4.69, 9.17) is 9.98 Å². The van der Waals surface area contributed by atoms with Gasteiger partial charge >= 0.3 is 0 Å². The van der Waals surface area contributed by atoms with E-state index >= 15 is 0 Å². The van der Waals surface area contributed by atoms with Crippen LogP contribution in [0.4, 0.5) is 11.4 Å². The highest BCUT2D eigenvalue weighted by Gasteiger charge is 2.29. The maximum atomic E-state index is 10.9. The van der Waals surface area contributed by atoms with Crippen molar-refractivity contribution in [1.82, 2.24) is 4.57 Å². The van der Waals surface area contributed by atoms with Crippen LogP contribution in [0.3, 0.4) is 0 Å². The van der Waals surface area contributed by atoms with Crippen LogP contribution in [0, 0.1) is 0 Å². The van der Waals surface area contributed by atoms with Crippen molar-refractivity contribution in [3.05, 3.63) is 90.0 Å². The van der Waals surface area contributed by atoms with Crippen LogP contribution in [-0.4, -0.2) is 21.1 Å². The zero-order valence-corrected chi connectivity index (χ0v) is 14.8. The van der Waals surface area contributed by atoms with Crippen LogP contribution in [0.2, 0.25) is 0 Å². The second kappa shape index (κ2) is 5.95. The summed E-state index contributed by atoms with van der Waals surface area (Å²) in [5.41, 5.74) is 5.87. The molecule has 0 saturated carbocycles. The van der Waals surface area contributed by atoms with Gasteiger partial charge in [-0.1, -0.05) is 54.6 Å². The van der Waals surface area contributed by atoms with Gasteiger partial charge in [0.05, 0.1) is 28.2 Å². The van der Waals surface area contributed by atoms with Gasteiger partial charge in [-0.3, -0.25) is 0 Å². The van der Waals surface area contributed by atoms with Crippen molar-refractivity contribution in [3.63, 3.8) is 0 Å². The molecule has 130 valence electrons. The van der Waals surface area contributed by atoms with Crippen molar-refractivity contribution < 1.29 is 5.11 Å². The van der Waals surface area contributed by atoms with Crippen molar-refractivity contribution in [3.8, 4) is 5.88 Å². The Balaban J connectivity index is 1.80. The third kappa shape index (κ3) is 2.38. The number of nitrogens with zero attached hydrogens (tertiary/aromatic N) is 3. The molecule has 0 bridgehead atoms. The molecule has 1 N–H and O–H groups in total. The summed E-state index contributed by atoms with van der Waals surface area (Å²) in [7, 11) is 1.86. The molecule has 3 aromatic carbocycles. The molecule has 1 aliphatic heterocycles. The van der Waals surface area contributed by atoms with Gasteiger partial charge < -0.3 is 9.67 Å². The van der Waals surface area contributed by atoms with Gasteiger partial charge in [0.15, 0.2) is 0 Å². The van der Waals surface area contributed by atoms with Crippen molar-refractivity contribution in [1.29, 1.82) is 0 Å². The number of aromatic hydroxyl groups is 1. The molecular weight excluding hydrogens is 334 g/mol. The first-order valence-corrected chi connectivity index (χ1v) is 8.83. The largest absolute Gasteiger partial charge is 0.494 e. The maximum Gasteiger partial charge on any atom is 0.201 e. The van der Waals surface area contributed by atoms with Crippen LogP contribution in [0.15, 0.2) is 88.8 Å². The molecule has 4 nitrogen and oxygen atoms in total. The molecule has 0 spiro atoms. The number of fused-ring (bicyclic) bond motifs is 2. The molecule has 4 aromatic rings. The summed E-state index contributed by atoms with van der Waals surface area (Å²) in [6, 6.07) is 25.7. The minimum Gasteiger partial charge on any atom is -0.494 e. The third-order valence-corrected chi connectivity index (χ3v) is 4.93. The lowest BCUT2D eigenvalue weighted by Gasteiger charge is -2.05. The Morgan fingerprint density at radius 3 is 2.41 bits per heavy atom. The summed E-state index contributed by atoms with van der Waals surface area (Å²) in [5, 5.41) is 11.8. The Morgan fingerprint density at radius 2 is 1.56 bits per heavy atom. The summed E-state index contributed by atoms with van der Waals surface area (Å²) in [6.45, 7) is 0. The predicted octanol–water partition coefficient (Wildman–Crippen LogP) is 5.14. The molecule has 1 aromatic heterocycles. The first-order chi connectivity index (χ1) is 13.2.